The van der Waals surface area contributed by atoms with Gasteiger partial charge in [-0.15, -0.1) is 0 Å². The molecule has 0 saturated carbocycles. The third-order valence-electron chi connectivity index (χ3n) is 2.66. The van der Waals surface area contributed by atoms with Crippen LogP contribution in [0, 0.1) is 0 Å². The Morgan fingerprint density at radius 2 is 2.54 bits per heavy atom. The van der Waals surface area contributed by atoms with E-state index in [2.05, 4.69) is 5.32 Å². The van der Waals surface area contributed by atoms with Crippen molar-refractivity contribution in [3.05, 3.63) is 0 Å². The van der Waals surface area contributed by atoms with Crippen molar-refractivity contribution in [1.82, 2.24) is 5.32 Å². The number of ether oxygens (including phenoxy) is 2. The summed E-state index contributed by atoms with van der Waals surface area (Å²) in [5.41, 5.74) is 0. The van der Waals surface area contributed by atoms with Gasteiger partial charge in [-0.05, 0) is 13.3 Å². The summed E-state index contributed by atoms with van der Waals surface area (Å²) in [6.45, 7) is 3.09. The maximum absolute atomic E-state index is 11.3. The fourth-order valence-corrected chi connectivity index (χ4v) is 2.04. The largest absolute Gasteiger partial charge is 0.465 e. The zero-order chi connectivity index (χ0) is 9.26. The Balaban J connectivity index is 1.87. The summed E-state index contributed by atoms with van der Waals surface area (Å²) in [4.78, 5) is 11.3. The molecule has 3 atom stereocenters. The van der Waals surface area contributed by atoms with E-state index in [1.807, 2.05) is 6.92 Å². The SMILES string of the molecule is CCOC(=O)C1CC2OCCC2N1. The normalized spacial score (nSPS) is 37.5. The first-order valence-corrected chi connectivity index (χ1v) is 4.85. The molecule has 0 aliphatic carbocycles. The maximum Gasteiger partial charge on any atom is 0.323 e. The van der Waals surface area contributed by atoms with Gasteiger partial charge in [0, 0.05) is 19.1 Å². The minimum atomic E-state index is -0.143. The zero-order valence-electron chi connectivity index (χ0n) is 7.79. The Labute approximate surface area is 77.6 Å². The molecule has 0 amide bonds. The summed E-state index contributed by atoms with van der Waals surface area (Å²) >= 11 is 0. The molecule has 0 spiro atoms. The van der Waals surface area contributed by atoms with Crippen LogP contribution in [0.3, 0.4) is 0 Å². The van der Waals surface area contributed by atoms with Gasteiger partial charge in [-0.2, -0.15) is 0 Å². The Morgan fingerprint density at radius 3 is 3.23 bits per heavy atom. The molecule has 1 N–H and O–H groups in total. The fraction of sp³-hybridized carbons (Fsp3) is 0.889. The van der Waals surface area contributed by atoms with Crippen LogP contribution in [-0.2, 0) is 14.3 Å². The summed E-state index contributed by atoms with van der Waals surface area (Å²) < 4.78 is 10.4. The van der Waals surface area contributed by atoms with Gasteiger partial charge >= 0.3 is 5.97 Å². The van der Waals surface area contributed by atoms with Crippen molar-refractivity contribution in [3.63, 3.8) is 0 Å². The van der Waals surface area contributed by atoms with Crippen molar-refractivity contribution in [2.45, 2.75) is 38.0 Å². The van der Waals surface area contributed by atoms with E-state index in [9.17, 15) is 4.79 Å². The average Bonchev–Trinajstić information content (AvgIpc) is 2.61. The van der Waals surface area contributed by atoms with E-state index in [0.717, 1.165) is 19.4 Å². The third kappa shape index (κ3) is 1.69. The number of hydrogen-bond acceptors (Lipinski definition) is 4. The van der Waals surface area contributed by atoms with Crippen LogP contribution in [0.1, 0.15) is 19.8 Å². The minimum Gasteiger partial charge on any atom is -0.465 e. The lowest BCUT2D eigenvalue weighted by Crippen LogP contribution is -2.36. The van der Waals surface area contributed by atoms with Gasteiger partial charge in [0.05, 0.1) is 12.7 Å². The van der Waals surface area contributed by atoms with E-state index < -0.39 is 0 Å². The fourth-order valence-electron chi connectivity index (χ4n) is 2.04. The predicted molar refractivity (Wildman–Crippen MR) is 46.3 cm³/mol. The molecule has 0 bridgehead atoms. The molecular weight excluding hydrogens is 170 g/mol. The highest BCUT2D eigenvalue weighted by molar-refractivity contribution is 5.76. The van der Waals surface area contributed by atoms with Gasteiger partial charge in [0.1, 0.15) is 6.04 Å². The lowest BCUT2D eigenvalue weighted by Gasteiger charge is -2.10. The van der Waals surface area contributed by atoms with Crippen LogP contribution < -0.4 is 5.32 Å². The zero-order valence-corrected chi connectivity index (χ0v) is 7.79. The van der Waals surface area contributed by atoms with Crippen molar-refractivity contribution in [2.24, 2.45) is 0 Å². The molecule has 0 aromatic carbocycles. The van der Waals surface area contributed by atoms with Crippen LogP contribution in [0.5, 0.6) is 0 Å². The molecule has 2 aliphatic heterocycles. The van der Waals surface area contributed by atoms with Crippen LogP contribution >= 0.6 is 0 Å². The highest BCUT2D eigenvalue weighted by Gasteiger charge is 2.41. The molecule has 4 heteroatoms. The maximum atomic E-state index is 11.3. The van der Waals surface area contributed by atoms with Crippen LogP contribution in [0.25, 0.3) is 0 Å². The molecule has 0 radical (unpaired) electrons. The molecule has 74 valence electrons. The minimum absolute atomic E-state index is 0.138. The van der Waals surface area contributed by atoms with E-state index in [0.29, 0.717) is 12.6 Å². The molecule has 13 heavy (non-hydrogen) atoms. The molecule has 4 nitrogen and oxygen atoms in total. The summed E-state index contributed by atoms with van der Waals surface area (Å²) in [7, 11) is 0. The number of hydrogen-bond donors (Lipinski definition) is 1. The smallest absolute Gasteiger partial charge is 0.323 e. The molecule has 2 aliphatic rings. The van der Waals surface area contributed by atoms with Crippen molar-refractivity contribution < 1.29 is 14.3 Å². The summed E-state index contributed by atoms with van der Waals surface area (Å²) in [6, 6.07) is 0.227. The number of fused-ring (bicyclic) bond motifs is 1. The number of esters is 1. The Kier molecular flexibility index (Phi) is 2.51. The van der Waals surface area contributed by atoms with Crippen LogP contribution in [0.2, 0.25) is 0 Å². The Hall–Kier alpha value is -0.610. The summed E-state index contributed by atoms with van der Waals surface area (Å²) in [5, 5.41) is 3.24. The number of carbonyl (C=O) groups is 1. The molecule has 0 aromatic rings. The van der Waals surface area contributed by atoms with E-state index in [1.54, 1.807) is 0 Å². The second-order valence-corrected chi connectivity index (χ2v) is 3.51. The second-order valence-electron chi connectivity index (χ2n) is 3.51. The highest BCUT2D eigenvalue weighted by Crippen LogP contribution is 2.25. The van der Waals surface area contributed by atoms with E-state index >= 15 is 0 Å². The lowest BCUT2D eigenvalue weighted by molar-refractivity contribution is -0.145. The van der Waals surface area contributed by atoms with Gasteiger partial charge in [0.2, 0.25) is 0 Å². The first-order valence-electron chi connectivity index (χ1n) is 4.85. The molecule has 2 rings (SSSR count). The number of nitrogens with one attached hydrogen (secondary N) is 1. The van der Waals surface area contributed by atoms with Crippen molar-refractivity contribution in [1.29, 1.82) is 0 Å². The summed E-state index contributed by atoms with van der Waals surface area (Å²) in [6.07, 6.45) is 2.01. The standard InChI is InChI=1S/C9H15NO3/c1-2-12-9(11)7-5-8-6(10-7)3-4-13-8/h6-8,10H,2-5H2,1H3. The molecular formula is C9H15NO3. The summed E-state index contributed by atoms with van der Waals surface area (Å²) in [5.74, 6) is -0.138. The Bertz CT molecular complexity index is 195. The van der Waals surface area contributed by atoms with Crippen LogP contribution in [0.4, 0.5) is 0 Å². The van der Waals surface area contributed by atoms with Crippen molar-refractivity contribution in [2.75, 3.05) is 13.2 Å². The molecule has 2 fully saturated rings. The van der Waals surface area contributed by atoms with Gasteiger partial charge in [-0.25, -0.2) is 0 Å². The first-order chi connectivity index (χ1) is 6.31. The monoisotopic (exact) mass is 185 g/mol. The molecule has 2 heterocycles. The van der Waals surface area contributed by atoms with Gasteiger partial charge in [-0.3, -0.25) is 10.1 Å². The predicted octanol–water partition coefficient (Wildman–Crippen LogP) is 0.0689. The first kappa shape index (κ1) is 8.97. The Morgan fingerprint density at radius 1 is 1.69 bits per heavy atom. The second kappa shape index (κ2) is 3.64. The van der Waals surface area contributed by atoms with Gasteiger partial charge in [0.15, 0.2) is 0 Å². The van der Waals surface area contributed by atoms with Crippen LogP contribution in [-0.4, -0.2) is 37.4 Å². The van der Waals surface area contributed by atoms with Gasteiger partial charge in [-0.1, -0.05) is 0 Å². The molecule has 0 aromatic heterocycles. The third-order valence-corrected chi connectivity index (χ3v) is 2.66. The number of rotatable bonds is 2. The number of carbonyl (C=O) groups excluding carboxylic acids is 1. The molecule has 2 saturated heterocycles. The van der Waals surface area contributed by atoms with Gasteiger partial charge in [0.25, 0.3) is 0 Å². The quantitative estimate of drug-likeness (QED) is 0.618. The average molecular weight is 185 g/mol. The van der Waals surface area contributed by atoms with E-state index in [4.69, 9.17) is 9.47 Å². The van der Waals surface area contributed by atoms with E-state index in [-0.39, 0.29) is 18.1 Å². The van der Waals surface area contributed by atoms with Crippen molar-refractivity contribution >= 4 is 5.97 Å². The van der Waals surface area contributed by atoms with Crippen molar-refractivity contribution in [3.8, 4) is 0 Å². The van der Waals surface area contributed by atoms with Gasteiger partial charge < -0.3 is 9.47 Å². The lowest BCUT2D eigenvalue weighted by atomic mass is 10.1. The highest BCUT2D eigenvalue weighted by atomic mass is 16.5. The topological polar surface area (TPSA) is 47.6 Å². The molecule has 3 unspecified atom stereocenters. The van der Waals surface area contributed by atoms with E-state index in [1.165, 1.54) is 0 Å². The van der Waals surface area contributed by atoms with Crippen LogP contribution in [0.15, 0.2) is 0 Å².